The number of amides is 1. The largest absolute Gasteiger partial charge is 0.492 e. The highest BCUT2D eigenvalue weighted by molar-refractivity contribution is 5.85. The fourth-order valence-electron chi connectivity index (χ4n) is 4.02. The number of carbonyl (C=O) groups is 1. The number of fused-ring (bicyclic) bond motifs is 2. The lowest BCUT2D eigenvalue weighted by Gasteiger charge is -2.24. The topological polar surface area (TPSA) is 41.6 Å². The number of benzene rings is 2. The van der Waals surface area contributed by atoms with E-state index in [4.69, 9.17) is 4.74 Å². The Kier molecular flexibility index (Phi) is 6.75. The van der Waals surface area contributed by atoms with Crippen LogP contribution in [0.3, 0.4) is 0 Å². The van der Waals surface area contributed by atoms with Gasteiger partial charge in [0.2, 0.25) is 5.91 Å². The molecule has 2 saturated heterocycles. The summed E-state index contributed by atoms with van der Waals surface area (Å²) in [5, 5.41) is 3.62. The lowest BCUT2D eigenvalue weighted by Crippen LogP contribution is -2.39. The Balaban J connectivity index is 0.00000210. The first-order valence-corrected chi connectivity index (χ1v) is 9.60. The van der Waals surface area contributed by atoms with E-state index < -0.39 is 0 Å². The standard InChI is InChI=1S/C22H26N2O2.ClH/c25-22(24-14-12-18-10-11-19(16-24)23-18)13-15-26-21-9-5-4-8-20(21)17-6-2-1-3-7-17;/h1-9,18-19,23H,10-16H2;1H. The maximum atomic E-state index is 12.6. The van der Waals surface area contributed by atoms with E-state index in [9.17, 15) is 4.79 Å². The molecule has 0 aromatic heterocycles. The number of nitrogens with one attached hydrogen (secondary N) is 1. The Labute approximate surface area is 167 Å². The van der Waals surface area contributed by atoms with Gasteiger partial charge >= 0.3 is 0 Å². The number of carbonyl (C=O) groups excluding carboxylic acids is 1. The summed E-state index contributed by atoms with van der Waals surface area (Å²) in [6.07, 6.45) is 3.95. The molecule has 0 spiro atoms. The molecule has 1 amide bonds. The second kappa shape index (κ2) is 9.25. The van der Waals surface area contributed by atoms with Gasteiger partial charge in [0.25, 0.3) is 0 Å². The molecular weight excluding hydrogens is 360 g/mol. The van der Waals surface area contributed by atoms with Gasteiger partial charge in [-0.25, -0.2) is 0 Å². The number of para-hydroxylation sites is 1. The molecule has 2 aliphatic rings. The van der Waals surface area contributed by atoms with Crippen LogP contribution in [0.15, 0.2) is 54.6 Å². The van der Waals surface area contributed by atoms with E-state index in [1.165, 1.54) is 12.8 Å². The molecule has 0 aliphatic carbocycles. The third-order valence-electron chi connectivity index (χ3n) is 5.42. The molecule has 2 aliphatic heterocycles. The predicted octanol–water partition coefficient (Wildman–Crippen LogP) is 3.90. The molecule has 27 heavy (non-hydrogen) atoms. The zero-order valence-corrected chi connectivity index (χ0v) is 16.3. The van der Waals surface area contributed by atoms with Crippen molar-refractivity contribution in [1.29, 1.82) is 0 Å². The first-order chi connectivity index (χ1) is 12.8. The second-order valence-corrected chi connectivity index (χ2v) is 7.23. The molecule has 4 rings (SSSR count). The highest BCUT2D eigenvalue weighted by Gasteiger charge is 2.30. The third-order valence-corrected chi connectivity index (χ3v) is 5.42. The van der Waals surface area contributed by atoms with Crippen LogP contribution in [0.2, 0.25) is 0 Å². The Bertz CT molecular complexity index is 753. The molecule has 5 heteroatoms. The van der Waals surface area contributed by atoms with Crippen LogP contribution < -0.4 is 10.1 Å². The van der Waals surface area contributed by atoms with Crippen LogP contribution in [0, 0.1) is 0 Å². The highest BCUT2D eigenvalue weighted by Crippen LogP contribution is 2.29. The molecule has 2 aromatic carbocycles. The zero-order chi connectivity index (χ0) is 17.8. The van der Waals surface area contributed by atoms with Crippen LogP contribution in [-0.4, -0.2) is 42.6 Å². The van der Waals surface area contributed by atoms with Crippen molar-refractivity contribution in [2.24, 2.45) is 0 Å². The molecule has 2 atom stereocenters. The number of likely N-dealkylation sites (tertiary alicyclic amines) is 1. The van der Waals surface area contributed by atoms with Gasteiger partial charge in [-0.05, 0) is 30.9 Å². The molecule has 4 nitrogen and oxygen atoms in total. The van der Waals surface area contributed by atoms with E-state index in [1.807, 2.05) is 41.3 Å². The minimum Gasteiger partial charge on any atom is -0.492 e. The van der Waals surface area contributed by atoms with E-state index >= 15 is 0 Å². The van der Waals surface area contributed by atoms with Gasteiger partial charge in [0.15, 0.2) is 0 Å². The molecule has 2 fully saturated rings. The SMILES string of the molecule is Cl.O=C(CCOc1ccccc1-c1ccccc1)N1CCC2CCC(C1)N2. The summed E-state index contributed by atoms with van der Waals surface area (Å²) >= 11 is 0. The van der Waals surface area contributed by atoms with E-state index in [0.717, 1.165) is 36.4 Å². The number of halogens is 1. The monoisotopic (exact) mass is 386 g/mol. The third kappa shape index (κ3) is 4.82. The second-order valence-electron chi connectivity index (χ2n) is 7.23. The highest BCUT2D eigenvalue weighted by atomic mass is 35.5. The van der Waals surface area contributed by atoms with E-state index in [2.05, 4.69) is 23.5 Å². The molecule has 2 bridgehead atoms. The lowest BCUT2D eigenvalue weighted by atomic mass is 10.1. The first-order valence-electron chi connectivity index (χ1n) is 9.60. The van der Waals surface area contributed by atoms with Gasteiger partial charge in [0.1, 0.15) is 5.75 Å². The van der Waals surface area contributed by atoms with Gasteiger partial charge in [0.05, 0.1) is 13.0 Å². The number of rotatable bonds is 5. The smallest absolute Gasteiger partial charge is 0.226 e. The molecule has 2 heterocycles. The van der Waals surface area contributed by atoms with Crippen LogP contribution in [0.4, 0.5) is 0 Å². The van der Waals surface area contributed by atoms with Gasteiger partial charge in [-0.15, -0.1) is 12.4 Å². The Morgan fingerprint density at radius 2 is 1.74 bits per heavy atom. The summed E-state index contributed by atoms with van der Waals surface area (Å²) < 4.78 is 5.98. The average molecular weight is 387 g/mol. The van der Waals surface area contributed by atoms with Gasteiger partial charge in [0, 0.05) is 30.7 Å². The van der Waals surface area contributed by atoms with Crippen LogP contribution >= 0.6 is 12.4 Å². The average Bonchev–Trinajstić information content (AvgIpc) is 3.01. The number of hydrogen-bond acceptors (Lipinski definition) is 3. The number of hydrogen-bond donors (Lipinski definition) is 1. The van der Waals surface area contributed by atoms with E-state index in [0.29, 0.717) is 25.1 Å². The molecule has 144 valence electrons. The summed E-state index contributed by atoms with van der Waals surface area (Å²) in [7, 11) is 0. The Morgan fingerprint density at radius 1 is 1.00 bits per heavy atom. The Hall–Kier alpha value is -2.04. The predicted molar refractivity (Wildman–Crippen MR) is 110 cm³/mol. The summed E-state index contributed by atoms with van der Waals surface area (Å²) in [4.78, 5) is 14.6. The van der Waals surface area contributed by atoms with Crippen molar-refractivity contribution >= 4 is 18.3 Å². The Morgan fingerprint density at radius 3 is 2.59 bits per heavy atom. The van der Waals surface area contributed by atoms with Gasteiger partial charge in [-0.1, -0.05) is 48.5 Å². The summed E-state index contributed by atoms with van der Waals surface area (Å²) in [6.45, 7) is 2.13. The minimum absolute atomic E-state index is 0. The van der Waals surface area contributed by atoms with Gasteiger partial charge < -0.3 is 15.0 Å². The van der Waals surface area contributed by atoms with Crippen molar-refractivity contribution in [3.05, 3.63) is 54.6 Å². The molecular formula is C22H27ClN2O2. The number of nitrogens with zero attached hydrogens (tertiary/aromatic N) is 1. The molecule has 0 saturated carbocycles. The molecule has 2 unspecified atom stereocenters. The maximum absolute atomic E-state index is 12.6. The maximum Gasteiger partial charge on any atom is 0.226 e. The zero-order valence-electron chi connectivity index (χ0n) is 15.5. The van der Waals surface area contributed by atoms with Crippen molar-refractivity contribution in [2.45, 2.75) is 37.8 Å². The fourth-order valence-corrected chi connectivity index (χ4v) is 4.02. The normalized spacial score (nSPS) is 21.3. The van der Waals surface area contributed by atoms with Crippen molar-refractivity contribution in [3.8, 4) is 16.9 Å². The quantitative estimate of drug-likeness (QED) is 0.847. The summed E-state index contributed by atoms with van der Waals surface area (Å²) in [5.41, 5.74) is 2.20. The van der Waals surface area contributed by atoms with Crippen molar-refractivity contribution in [3.63, 3.8) is 0 Å². The van der Waals surface area contributed by atoms with Gasteiger partial charge in [-0.3, -0.25) is 4.79 Å². The fraction of sp³-hybridized carbons (Fsp3) is 0.409. The minimum atomic E-state index is 0. The van der Waals surface area contributed by atoms with Crippen LogP contribution in [0.5, 0.6) is 5.75 Å². The van der Waals surface area contributed by atoms with Crippen LogP contribution in [-0.2, 0) is 4.79 Å². The van der Waals surface area contributed by atoms with Gasteiger partial charge in [-0.2, -0.15) is 0 Å². The summed E-state index contributed by atoms with van der Waals surface area (Å²) in [6, 6.07) is 19.3. The molecule has 1 N–H and O–H groups in total. The van der Waals surface area contributed by atoms with Crippen molar-refractivity contribution in [1.82, 2.24) is 10.2 Å². The van der Waals surface area contributed by atoms with Crippen molar-refractivity contribution in [2.75, 3.05) is 19.7 Å². The van der Waals surface area contributed by atoms with Crippen LogP contribution in [0.25, 0.3) is 11.1 Å². The van der Waals surface area contributed by atoms with E-state index in [1.54, 1.807) is 0 Å². The molecule has 2 aromatic rings. The summed E-state index contributed by atoms with van der Waals surface area (Å²) in [5.74, 6) is 1.04. The lowest BCUT2D eigenvalue weighted by molar-refractivity contribution is -0.131. The van der Waals surface area contributed by atoms with E-state index in [-0.39, 0.29) is 18.3 Å². The van der Waals surface area contributed by atoms with Crippen molar-refractivity contribution < 1.29 is 9.53 Å². The van der Waals surface area contributed by atoms with Crippen LogP contribution in [0.1, 0.15) is 25.7 Å². The number of ether oxygens (including phenoxy) is 1. The molecule has 0 radical (unpaired) electrons. The first kappa shape index (κ1) is 19.7.